The summed E-state index contributed by atoms with van der Waals surface area (Å²) >= 11 is 0. The van der Waals surface area contributed by atoms with E-state index < -0.39 is 59.2 Å². The molecule has 0 aliphatic carbocycles. The van der Waals surface area contributed by atoms with Crippen molar-refractivity contribution in [2.75, 3.05) is 29.0 Å². The van der Waals surface area contributed by atoms with E-state index in [0.29, 0.717) is 19.4 Å². The lowest BCUT2D eigenvalue weighted by Crippen LogP contribution is -2.59. The van der Waals surface area contributed by atoms with Crippen LogP contribution in [0, 0.1) is 0 Å². The number of esters is 1. The number of hydrogen-bond donors (Lipinski definition) is 4. The molecule has 1 aromatic heterocycles. The maximum Gasteiger partial charge on any atom is 0.415 e. The van der Waals surface area contributed by atoms with Crippen LogP contribution in [0.25, 0.3) is 0 Å². The Bertz CT molecular complexity index is 1120. The maximum atomic E-state index is 13.2. The lowest BCUT2D eigenvalue weighted by Gasteiger charge is -2.40. The number of amides is 2. The van der Waals surface area contributed by atoms with Gasteiger partial charge in [-0.3, -0.25) is 19.6 Å². The van der Waals surface area contributed by atoms with Gasteiger partial charge in [-0.25, -0.2) is 14.4 Å². The normalized spacial score (nSPS) is 21.2. The predicted octanol–water partition coefficient (Wildman–Crippen LogP) is 1.58. The van der Waals surface area contributed by atoms with Crippen molar-refractivity contribution in [1.29, 1.82) is 0 Å². The molecule has 5 N–H and O–H groups in total. The molecule has 0 radical (unpaired) electrons. The van der Waals surface area contributed by atoms with Crippen molar-refractivity contribution in [2.45, 2.75) is 96.8 Å². The number of anilines is 3. The highest BCUT2D eigenvalue weighted by Gasteiger charge is 2.44. The predicted molar refractivity (Wildman–Crippen MR) is 138 cm³/mol. The van der Waals surface area contributed by atoms with E-state index in [0.717, 1.165) is 4.90 Å². The third-order valence-electron chi connectivity index (χ3n) is 5.88. The number of nitrogens with zero attached hydrogens (tertiary/aromatic N) is 3. The van der Waals surface area contributed by atoms with Crippen molar-refractivity contribution in [3.63, 3.8) is 0 Å². The monoisotopic (exact) mass is 538 g/mol. The van der Waals surface area contributed by atoms with Crippen molar-refractivity contribution in [1.82, 2.24) is 14.9 Å². The summed E-state index contributed by atoms with van der Waals surface area (Å²) in [6, 6.07) is -1.95. The third kappa shape index (κ3) is 6.65. The van der Waals surface area contributed by atoms with Crippen LogP contribution in [0.3, 0.4) is 0 Å². The number of carbonyl (C=O) groups excluding carboxylic acids is 3. The lowest BCUT2D eigenvalue weighted by atomic mass is 10.0. The number of fused-ring (bicyclic) bond motifs is 1. The van der Waals surface area contributed by atoms with Gasteiger partial charge in [0.15, 0.2) is 11.5 Å². The van der Waals surface area contributed by atoms with Crippen LogP contribution in [-0.2, 0) is 19.0 Å². The van der Waals surface area contributed by atoms with Crippen molar-refractivity contribution >= 4 is 35.6 Å². The molecule has 1 saturated heterocycles. The van der Waals surface area contributed by atoms with Crippen LogP contribution in [0.5, 0.6) is 0 Å². The Kier molecular flexibility index (Phi) is 8.15. The minimum atomic E-state index is -1.44. The second-order valence-electron chi connectivity index (χ2n) is 11.4. The number of aliphatic hydroxyl groups is 1. The van der Waals surface area contributed by atoms with Gasteiger partial charge in [-0.05, 0) is 61.3 Å². The first-order valence-corrected chi connectivity index (χ1v) is 12.5. The largest absolute Gasteiger partial charge is 0.458 e. The van der Waals surface area contributed by atoms with E-state index in [1.807, 2.05) is 0 Å². The number of nitrogens with two attached hydrogens (primary N) is 1. The summed E-state index contributed by atoms with van der Waals surface area (Å²) in [7, 11) is 0. The minimum absolute atomic E-state index is 0.0430. The first-order chi connectivity index (χ1) is 17.5. The summed E-state index contributed by atoms with van der Waals surface area (Å²) in [4.78, 5) is 60.3. The summed E-state index contributed by atoms with van der Waals surface area (Å²) in [5.74, 6) is -0.817. The molecule has 14 heteroatoms. The molecule has 3 rings (SSSR count). The molecule has 0 bridgehead atoms. The fourth-order valence-corrected chi connectivity index (χ4v) is 4.30. The molecule has 2 aliphatic rings. The Morgan fingerprint density at radius 3 is 2.32 bits per heavy atom. The number of aromatic amines is 1. The minimum Gasteiger partial charge on any atom is -0.458 e. The highest BCUT2D eigenvalue weighted by Crippen LogP contribution is 2.31. The number of carbonyl (C=O) groups is 3. The molecule has 4 unspecified atom stereocenters. The number of aromatic nitrogens is 2. The van der Waals surface area contributed by atoms with Gasteiger partial charge in [-0.2, -0.15) is 4.98 Å². The Morgan fingerprint density at radius 2 is 1.71 bits per heavy atom. The summed E-state index contributed by atoms with van der Waals surface area (Å²) in [6.07, 6.45) is -3.12. The van der Waals surface area contributed by atoms with E-state index in [4.69, 9.17) is 19.9 Å². The molecular weight excluding hydrogens is 500 g/mol. The average Bonchev–Trinajstić information content (AvgIpc) is 3.25. The fourth-order valence-electron chi connectivity index (χ4n) is 4.30. The summed E-state index contributed by atoms with van der Waals surface area (Å²) < 4.78 is 16.5. The van der Waals surface area contributed by atoms with Crippen LogP contribution in [0.2, 0.25) is 0 Å². The summed E-state index contributed by atoms with van der Waals surface area (Å²) in [6.45, 7) is 11.9. The van der Waals surface area contributed by atoms with Gasteiger partial charge in [-0.1, -0.05) is 0 Å². The van der Waals surface area contributed by atoms with Gasteiger partial charge in [0.05, 0.1) is 6.04 Å². The number of rotatable bonds is 4. The van der Waals surface area contributed by atoms with E-state index in [-0.39, 0.29) is 24.0 Å². The summed E-state index contributed by atoms with van der Waals surface area (Å²) in [5.41, 5.74) is 3.10. The van der Waals surface area contributed by atoms with Crippen molar-refractivity contribution in [2.24, 2.45) is 0 Å². The number of hydrogen-bond acceptors (Lipinski definition) is 11. The number of H-pyrrole nitrogens is 1. The van der Waals surface area contributed by atoms with Crippen LogP contribution in [0.4, 0.5) is 27.0 Å². The zero-order chi connectivity index (χ0) is 28.6. The topological polar surface area (TPSA) is 189 Å². The number of nitrogens with one attached hydrogen (secondary N) is 2. The lowest BCUT2D eigenvalue weighted by molar-refractivity contribution is -0.159. The van der Waals surface area contributed by atoms with E-state index >= 15 is 0 Å². The third-order valence-corrected chi connectivity index (χ3v) is 5.88. The number of likely N-dealkylation sites (tertiary alicyclic amines) is 1. The molecule has 3 heterocycles. The summed E-state index contributed by atoms with van der Waals surface area (Å²) in [5, 5.41) is 14.1. The number of aliphatic hydroxyl groups excluding tert-OH is 1. The Hall–Kier alpha value is -3.55. The zero-order valence-electron chi connectivity index (χ0n) is 22.9. The van der Waals surface area contributed by atoms with Crippen LogP contribution in [-0.4, -0.2) is 86.7 Å². The Labute approximate surface area is 220 Å². The van der Waals surface area contributed by atoms with E-state index in [9.17, 15) is 24.3 Å². The Balaban J connectivity index is 1.81. The molecule has 2 aliphatic heterocycles. The van der Waals surface area contributed by atoms with Gasteiger partial charge in [0.1, 0.15) is 29.5 Å². The van der Waals surface area contributed by atoms with Crippen LogP contribution < -0.4 is 21.5 Å². The standard InChI is InChI=1S/C24H38N6O8/c1-12(36-19(33)13-9-8-10-29(13)21(34)37-23(2,3)4)16(31)14-11-26-17-15(18(32)28-20(25)27-17)30(14)22(35)38-24(5,6)7/h12-14,16,31H,8-11H2,1-7H3,(H4,25,26,27,28,32). The first-order valence-electron chi connectivity index (χ1n) is 12.5. The van der Waals surface area contributed by atoms with Crippen molar-refractivity contribution < 1.29 is 33.7 Å². The second kappa shape index (κ2) is 10.7. The van der Waals surface area contributed by atoms with E-state index in [1.165, 1.54) is 11.8 Å². The van der Waals surface area contributed by atoms with Gasteiger partial charge in [-0.15, -0.1) is 0 Å². The van der Waals surface area contributed by atoms with Gasteiger partial charge < -0.3 is 30.4 Å². The number of nitrogen functional groups attached to an aromatic ring is 1. The average molecular weight is 539 g/mol. The van der Waals surface area contributed by atoms with E-state index in [2.05, 4.69) is 15.3 Å². The molecule has 4 atom stereocenters. The second-order valence-corrected chi connectivity index (χ2v) is 11.4. The highest BCUT2D eigenvalue weighted by atomic mass is 16.6. The van der Waals surface area contributed by atoms with Gasteiger partial charge in [0, 0.05) is 13.1 Å². The van der Waals surface area contributed by atoms with Crippen LogP contribution >= 0.6 is 0 Å². The van der Waals surface area contributed by atoms with Gasteiger partial charge in [0.25, 0.3) is 5.56 Å². The molecule has 2 amide bonds. The smallest absolute Gasteiger partial charge is 0.415 e. The molecule has 0 aromatic carbocycles. The maximum absolute atomic E-state index is 13.2. The first kappa shape index (κ1) is 29.0. The SMILES string of the molecule is CC(OC(=O)C1CCCN1C(=O)OC(C)(C)C)C(O)C1CNc2nc(N)[nH]c(=O)c2N1C(=O)OC(C)(C)C. The van der Waals surface area contributed by atoms with Crippen LogP contribution in [0.15, 0.2) is 4.79 Å². The van der Waals surface area contributed by atoms with Gasteiger partial charge >= 0.3 is 18.2 Å². The van der Waals surface area contributed by atoms with Gasteiger partial charge in [0.2, 0.25) is 5.95 Å². The molecule has 0 spiro atoms. The zero-order valence-corrected chi connectivity index (χ0v) is 22.9. The molecule has 0 saturated carbocycles. The van der Waals surface area contributed by atoms with E-state index in [1.54, 1.807) is 41.5 Å². The molecule has 212 valence electrons. The quantitative estimate of drug-likeness (QED) is 0.322. The molecule has 14 nitrogen and oxygen atoms in total. The molecule has 1 aromatic rings. The number of ether oxygens (including phenoxy) is 3. The fraction of sp³-hybridized carbons (Fsp3) is 0.708. The van der Waals surface area contributed by atoms with Crippen LogP contribution in [0.1, 0.15) is 61.3 Å². The molecule has 38 heavy (non-hydrogen) atoms. The van der Waals surface area contributed by atoms with Crippen molar-refractivity contribution in [3.8, 4) is 0 Å². The van der Waals surface area contributed by atoms with Crippen molar-refractivity contribution in [3.05, 3.63) is 10.4 Å². The highest BCUT2D eigenvalue weighted by molar-refractivity contribution is 5.93. The molecular formula is C24H38N6O8. The molecule has 1 fully saturated rings. The Morgan fingerprint density at radius 1 is 1.11 bits per heavy atom.